The van der Waals surface area contributed by atoms with Gasteiger partial charge in [-0.3, -0.25) is 0 Å². The van der Waals surface area contributed by atoms with Crippen molar-refractivity contribution in [2.75, 3.05) is 26.1 Å². The van der Waals surface area contributed by atoms with Crippen LogP contribution in [0.5, 0.6) is 5.75 Å². The second-order valence-electron chi connectivity index (χ2n) is 5.27. The first-order valence-electron chi connectivity index (χ1n) is 7.05. The lowest BCUT2D eigenvalue weighted by molar-refractivity contribution is 0.420. The van der Waals surface area contributed by atoms with Crippen LogP contribution in [0.3, 0.4) is 0 Å². The molecular formula is C19H19NO. The van der Waals surface area contributed by atoms with Gasteiger partial charge >= 0.3 is 0 Å². The fraction of sp³-hybridized carbons (Fsp3) is 0.158. The molecule has 2 nitrogen and oxygen atoms in total. The largest absolute Gasteiger partial charge is 0.496 e. The fourth-order valence-electron chi connectivity index (χ4n) is 2.78. The van der Waals surface area contributed by atoms with Crippen LogP contribution in [-0.4, -0.2) is 21.2 Å². The highest BCUT2D eigenvalue weighted by molar-refractivity contribution is 6.02. The second kappa shape index (κ2) is 5.49. The summed E-state index contributed by atoms with van der Waals surface area (Å²) in [6, 6.07) is 21.0. The maximum Gasteiger partial charge on any atom is 0.126 e. The molecule has 0 aliphatic rings. The van der Waals surface area contributed by atoms with Crippen LogP contribution in [0.4, 0.5) is 5.69 Å². The monoisotopic (exact) mass is 277 g/mol. The average Bonchev–Trinajstić information content (AvgIpc) is 2.53. The van der Waals surface area contributed by atoms with Gasteiger partial charge in [0, 0.05) is 30.7 Å². The zero-order valence-electron chi connectivity index (χ0n) is 12.6. The number of nitrogens with zero attached hydrogens (tertiary/aromatic N) is 1. The van der Waals surface area contributed by atoms with Gasteiger partial charge in [-0.15, -0.1) is 0 Å². The number of benzene rings is 3. The fourth-order valence-corrected chi connectivity index (χ4v) is 2.78. The Hall–Kier alpha value is -2.48. The molecule has 0 aromatic heterocycles. The molecule has 0 saturated heterocycles. The van der Waals surface area contributed by atoms with Gasteiger partial charge in [0.15, 0.2) is 0 Å². The number of methoxy groups -OCH3 is 1. The molecule has 0 fully saturated rings. The SMILES string of the molecule is COc1ccc(-c2ccccc2N(C)C)c2ccccc12. The van der Waals surface area contributed by atoms with Gasteiger partial charge in [-0.2, -0.15) is 0 Å². The van der Waals surface area contributed by atoms with Gasteiger partial charge in [-0.05, 0) is 29.1 Å². The highest BCUT2D eigenvalue weighted by atomic mass is 16.5. The molecule has 0 N–H and O–H groups in total. The molecule has 0 amide bonds. The van der Waals surface area contributed by atoms with E-state index in [4.69, 9.17) is 4.74 Å². The molecule has 0 radical (unpaired) electrons. The molecule has 3 aromatic carbocycles. The summed E-state index contributed by atoms with van der Waals surface area (Å²) in [5.74, 6) is 0.914. The molecule has 0 atom stereocenters. The van der Waals surface area contributed by atoms with Crippen molar-refractivity contribution in [3.8, 4) is 16.9 Å². The Morgan fingerprint density at radius 2 is 1.38 bits per heavy atom. The number of anilines is 1. The molecule has 0 aliphatic carbocycles. The summed E-state index contributed by atoms with van der Waals surface area (Å²) in [5.41, 5.74) is 3.69. The van der Waals surface area contributed by atoms with Crippen LogP contribution in [0.1, 0.15) is 0 Å². The quantitative estimate of drug-likeness (QED) is 0.694. The van der Waals surface area contributed by atoms with Crippen molar-refractivity contribution in [1.29, 1.82) is 0 Å². The number of fused-ring (bicyclic) bond motifs is 1. The molecule has 0 bridgehead atoms. The summed E-state index contributed by atoms with van der Waals surface area (Å²) in [7, 11) is 5.87. The van der Waals surface area contributed by atoms with Crippen molar-refractivity contribution in [1.82, 2.24) is 0 Å². The molecule has 0 unspecified atom stereocenters. The maximum absolute atomic E-state index is 5.49. The van der Waals surface area contributed by atoms with E-state index in [0.29, 0.717) is 0 Å². The number of para-hydroxylation sites is 1. The van der Waals surface area contributed by atoms with Crippen molar-refractivity contribution in [3.63, 3.8) is 0 Å². The van der Waals surface area contributed by atoms with Crippen molar-refractivity contribution in [2.24, 2.45) is 0 Å². The Bertz CT molecular complexity index is 777. The Kier molecular flexibility index (Phi) is 3.53. The first-order chi connectivity index (χ1) is 10.2. The third-order valence-electron chi connectivity index (χ3n) is 3.78. The highest BCUT2D eigenvalue weighted by Gasteiger charge is 2.11. The lowest BCUT2D eigenvalue weighted by Crippen LogP contribution is -2.09. The lowest BCUT2D eigenvalue weighted by atomic mass is 9.96. The predicted molar refractivity (Wildman–Crippen MR) is 90.3 cm³/mol. The molecule has 3 rings (SSSR count). The Labute approximate surface area is 125 Å². The summed E-state index contributed by atoms with van der Waals surface area (Å²) < 4.78 is 5.49. The normalized spacial score (nSPS) is 10.6. The number of hydrogen-bond acceptors (Lipinski definition) is 2. The Balaban J connectivity index is 2.32. The van der Waals surface area contributed by atoms with Gasteiger partial charge in [0.2, 0.25) is 0 Å². The van der Waals surface area contributed by atoms with Crippen molar-refractivity contribution < 1.29 is 4.74 Å². The summed E-state index contributed by atoms with van der Waals surface area (Å²) >= 11 is 0. The standard InChI is InChI=1S/C19H19NO/c1-20(2)18-11-7-6-9-16(18)15-12-13-19(21-3)17-10-5-4-8-14(15)17/h4-13H,1-3H3. The number of ether oxygens (including phenoxy) is 1. The van der Waals surface area contributed by atoms with Gasteiger partial charge < -0.3 is 9.64 Å². The van der Waals surface area contributed by atoms with Crippen LogP contribution in [0, 0.1) is 0 Å². The molecule has 106 valence electrons. The Morgan fingerprint density at radius 1 is 0.714 bits per heavy atom. The Morgan fingerprint density at radius 3 is 2.10 bits per heavy atom. The van der Waals surface area contributed by atoms with E-state index in [9.17, 15) is 0 Å². The van der Waals surface area contributed by atoms with E-state index in [1.165, 1.54) is 22.2 Å². The van der Waals surface area contributed by atoms with Crippen molar-refractivity contribution in [3.05, 3.63) is 60.7 Å². The lowest BCUT2D eigenvalue weighted by Gasteiger charge is -2.19. The van der Waals surface area contributed by atoms with Gasteiger partial charge in [0.25, 0.3) is 0 Å². The van der Waals surface area contributed by atoms with E-state index < -0.39 is 0 Å². The zero-order chi connectivity index (χ0) is 14.8. The number of rotatable bonds is 3. The summed E-state index contributed by atoms with van der Waals surface area (Å²) in [5, 5.41) is 2.36. The first-order valence-corrected chi connectivity index (χ1v) is 7.05. The topological polar surface area (TPSA) is 12.5 Å². The van der Waals surface area contributed by atoms with E-state index in [-0.39, 0.29) is 0 Å². The highest BCUT2D eigenvalue weighted by Crippen LogP contribution is 2.38. The predicted octanol–water partition coefficient (Wildman–Crippen LogP) is 4.58. The molecular weight excluding hydrogens is 258 g/mol. The molecule has 3 aromatic rings. The van der Waals surface area contributed by atoms with Crippen LogP contribution < -0.4 is 9.64 Å². The number of hydrogen-bond donors (Lipinski definition) is 0. The molecule has 0 spiro atoms. The van der Waals surface area contributed by atoms with Gasteiger partial charge in [0.05, 0.1) is 7.11 Å². The van der Waals surface area contributed by atoms with Gasteiger partial charge in [-0.1, -0.05) is 42.5 Å². The minimum atomic E-state index is 0.914. The van der Waals surface area contributed by atoms with Crippen LogP contribution in [-0.2, 0) is 0 Å². The van der Waals surface area contributed by atoms with E-state index in [1.54, 1.807) is 7.11 Å². The van der Waals surface area contributed by atoms with E-state index in [2.05, 4.69) is 67.5 Å². The maximum atomic E-state index is 5.49. The average molecular weight is 277 g/mol. The van der Waals surface area contributed by atoms with Crippen LogP contribution >= 0.6 is 0 Å². The van der Waals surface area contributed by atoms with E-state index in [0.717, 1.165) is 11.1 Å². The zero-order valence-corrected chi connectivity index (χ0v) is 12.6. The summed E-state index contributed by atoms with van der Waals surface area (Å²) in [4.78, 5) is 2.15. The molecule has 2 heteroatoms. The first kappa shape index (κ1) is 13.5. The molecule has 21 heavy (non-hydrogen) atoms. The molecule has 0 aliphatic heterocycles. The van der Waals surface area contributed by atoms with Crippen LogP contribution in [0.25, 0.3) is 21.9 Å². The molecule has 0 heterocycles. The van der Waals surface area contributed by atoms with Crippen LogP contribution in [0.15, 0.2) is 60.7 Å². The van der Waals surface area contributed by atoms with Crippen molar-refractivity contribution >= 4 is 16.5 Å². The minimum absolute atomic E-state index is 0.914. The van der Waals surface area contributed by atoms with E-state index in [1.807, 2.05) is 12.1 Å². The smallest absolute Gasteiger partial charge is 0.126 e. The third-order valence-corrected chi connectivity index (χ3v) is 3.78. The third kappa shape index (κ3) is 2.33. The van der Waals surface area contributed by atoms with Gasteiger partial charge in [-0.25, -0.2) is 0 Å². The second-order valence-corrected chi connectivity index (χ2v) is 5.27. The summed E-state index contributed by atoms with van der Waals surface area (Å²) in [6.45, 7) is 0. The van der Waals surface area contributed by atoms with Crippen molar-refractivity contribution in [2.45, 2.75) is 0 Å². The summed E-state index contributed by atoms with van der Waals surface area (Å²) in [6.07, 6.45) is 0. The van der Waals surface area contributed by atoms with Crippen LogP contribution in [0.2, 0.25) is 0 Å². The van der Waals surface area contributed by atoms with E-state index >= 15 is 0 Å². The molecule has 0 saturated carbocycles. The minimum Gasteiger partial charge on any atom is -0.496 e. The van der Waals surface area contributed by atoms with Gasteiger partial charge in [0.1, 0.15) is 5.75 Å².